The van der Waals surface area contributed by atoms with Crippen LogP contribution in [0.2, 0.25) is 0 Å². The minimum absolute atomic E-state index is 0.0277. The van der Waals surface area contributed by atoms with E-state index in [1.165, 1.54) is 17.7 Å². The summed E-state index contributed by atoms with van der Waals surface area (Å²) in [6.45, 7) is 4.73. The number of likely N-dealkylation sites (tertiary alicyclic amines) is 2. The zero-order valence-electron chi connectivity index (χ0n) is 20.2. The number of rotatable bonds is 6. The number of hydrogen-bond donors (Lipinski definition) is 1. The van der Waals surface area contributed by atoms with Crippen LogP contribution >= 0.6 is 0 Å². The van der Waals surface area contributed by atoms with Crippen molar-refractivity contribution >= 4 is 17.7 Å². The Bertz CT molecular complexity index is 1080. The number of nitrogens with zero attached hydrogens (tertiary/aromatic N) is 3. The van der Waals surface area contributed by atoms with E-state index in [1.807, 2.05) is 37.3 Å². The van der Waals surface area contributed by atoms with Crippen LogP contribution < -0.4 is 5.32 Å². The highest BCUT2D eigenvalue weighted by Gasteiger charge is 2.58. The lowest BCUT2D eigenvalue weighted by Gasteiger charge is -2.33. The number of carbonyl (C=O) groups excluding carboxylic acids is 3. The standard InChI is InChI=1S/C27H32N4O4/c1-18-8-10-20(11-9-18)24-23-25(27(34)29(2)26(23)33)35-31(24)17-22(32)28-21-12-14-30(15-13-21)16-19-6-4-3-5-7-19/h3-11,21,23-25H,12-17H2,1-2H3,(H,28,32). The number of amides is 3. The lowest BCUT2D eigenvalue weighted by atomic mass is 9.90. The summed E-state index contributed by atoms with van der Waals surface area (Å²) in [5.74, 6) is -1.42. The third-order valence-corrected chi connectivity index (χ3v) is 7.34. The first kappa shape index (κ1) is 23.7. The van der Waals surface area contributed by atoms with Gasteiger partial charge in [-0.3, -0.25) is 29.0 Å². The summed E-state index contributed by atoms with van der Waals surface area (Å²) in [4.78, 5) is 47.9. The maximum absolute atomic E-state index is 13.0. The molecule has 3 amide bonds. The third kappa shape index (κ3) is 4.87. The van der Waals surface area contributed by atoms with E-state index in [0.29, 0.717) is 0 Å². The Labute approximate surface area is 205 Å². The Balaban J connectivity index is 1.21. The number of nitrogens with one attached hydrogen (secondary N) is 1. The summed E-state index contributed by atoms with van der Waals surface area (Å²) < 4.78 is 0. The SMILES string of the molecule is Cc1ccc(C2C3C(=O)N(C)C(=O)C3ON2CC(=O)NC2CCN(Cc3ccccc3)CC2)cc1. The van der Waals surface area contributed by atoms with Crippen LogP contribution in [0.3, 0.4) is 0 Å². The molecule has 0 aromatic heterocycles. The topological polar surface area (TPSA) is 82.2 Å². The highest BCUT2D eigenvalue weighted by Crippen LogP contribution is 2.44. The molecule has 5 rings (SSSR count). The molecule has 3 atom stereocenters. The van der Waals surface area contributed by atoms with Gasteiger partial charge in [0.1, 0.15) is 6.54 Å². The molecule has 2 aromatic rings. The molecule has 3 aliphatic rings. The summed E-state index contributed by atoms with van der Waals surface area (Å²) in [5, 5.41) is 4.67. The van der Waals surface area contributed by atoms with Crippen LogP contribution in [-0.4, -0.2) is 71.4 Å². The molecule has 184 valence electrons. The van der Waals surface area contributed by atoms with Gasteiger partial charge in [-0.05, 0) is 30.9 Å². The Kier molecular flexibility index (Phi) is 6.69. The molecule has 3 unspecified atom stereocenters. The Morgan fingerprint density at radius 2 is 1.69 bits per heavy atom. The lowest BCUT2D eigenvalue weighted by Crippen LogP contribution is -2.47. The van der Waals surface area contributed by atoms with Crippen LogP contribution in [0.5, 0.6) is 0 Å². The molecule has 0 spiro atoms. The smallest absolute Gasteiger partial charge is 0.261 e. The fourth-order valence-electron chi connectivity index (χ4n) is 5.37. The van der Waals surface area contributed by atoms with E-state index in [2.05, 4.69) is 34.5 Å². The second-order valence-corrected chi connectivity index (χ2v) is 9.82. The van der Waals surface area contributed by atoms with Gasteiger partial charge in [0.2, 0.25) is 11.8 Å². The number of likely N-dealkylation sites (N-methyl/N-ethyl adjacent to an activating group) is 1. The van der Waals surface area contributed by atoms with Gasteiger partial charge in [0.15, 0.2) is 6.10 Å². The van der Waals surface area contributed by atoms with Gasteiger partial charge in [-0.2, -0.15) is 5.06 Å². The molecule has 3 heterocycles. The normalized spacial score (nSPS) is 25.8. The molecule has 35 heavy (non-hydrogen) atoms. The number of hydroxylamine groups is 2. The summed E-state index contributed by atoms with van der Waals surface area (Å²) in [6, 6.07) is 17.8. The van der Waals surface area contributed by atoms with Crippen LogP contribution in [0.25, 0.3) is 0 Å². The van der Waals surface area contributed by atoms with Gasteiger partial charge >= 0.3 is 0 Å². The second-order valence-electron chi connectivity index (χ2n) is 9.82. The van der Waals surface area contributed by atoms with E-state index in [4.69, 9.17) is 4.84 Å². The van der Waals surface area contributed by atoms with Crippen molar-refractivity contribution in [1.29, 1.82) is 0 Å². The van der Waals surface area contributed by atoms with E-state index in [9.17, 15) is 14.4 Å². The van der Waals surface area contributed by atoms with Crippen molar-refractivity contribution in [2.75, 3.05) is 26.7 Å². The predicted octanol–water partition coefficient (Wildman–Crippen LogP) is 2.05. The van der Waals surface area contributed by atoms with Gasteiger partial charge in [-0.15, -0.1) is 0 Å². The van der Waals surface area contributed by atoms with Gasteiger partial charge in [0, 0.05) is 32.7 Å². The highest BCUT2D eigenvalue weighted by molar-refractivity contribution is 6.07. The maximum Gasteiger partial charge on any atom is 0.261 e. The van der Waals surface area contributed by atoms with Crippen LogP contribution in [0.15, 0.2) is 54.6 Å². The van der Waals surface area contributed by atoms with Crippen molar-refractivity contribution in [1.82, 2.24) is 20.2 Å². The van der Waals surface area contributed by atoms with E-state index in [0.717, 1.165) is 48.5 Å². The first-order valence-corrected chi connectivity index (χ1v) is 12.3. The minimum atomic E-state index is -0.882. The maximum atomic E-state index is 13.0. The molecule has 1 N–H and O–H groups in total. The summed E-state index contributed by atoms with van der Waals surface area (Å²) in [5.41, 5.74) is 3.25. The summed E-state index contributed by atoms with van der Waals surface area (Å²) >= 11 is 0. The van der Waals surface area contributed by atoms with Crippen molar-refractivity contribution in [2.24, 2.45) is 5.92 Å². The molecule has 0 aliphatic carbocycles. The lowest BCUT2D eigenvalue weighted by molar-refractivity contribution is -0.182. The monoisotopic (exact) mass is 476 g/mol. The molecule has 0 saturated carbocycles. The number of aryl methyl sites for hydroxylation is 1. The summed E-state index contributed by atoms with van der Waals surface area (Å²) in [7, 11) is 1.49. The molecule has 3 saturated heterocycles. The van der Waals surface area contributed by atoms with Crippen molar-refractivity contribution in [3.05, 3.63) is 71.3 Å². The van der Waals surface area contributed by atoms with E-state index >= 15 is 0 Å². The molecule has 3 fully saturated rings. The van der Waals surface area contributed by atoms with E-state index in [-0.39, 0.29) is 30.3 Å². The van der Waals surface area contributed by atoms with Crippen molar-refractivity contribution < 1.29 is 19.2 Å². The number of benzene rings is 2. The van der Waals surface area contributed by atoms with Gasteiger partial charge in [-0.1, -0.05) is 60.2 Å². The average Bonchev–Trinajstić information content (AvgIpc) is 3.32. The average molecular weight is 477 g/mol. The van der Waals surface area contributed by atoms with Gasteiger partial charge < -0.3 is 5.32 Å². The van der Waals surface area contributed by atoms with Gasteiger partial charge in [-0.25, -0.2) is 0 Å². The first-order chi connectivity index (χ1) is 16.9. The van der Waals surface area contributed by atoms with Crippen LogP contribution in [0, 0.1) is 12.8 Å². The molecular weight excluding hydrogens is 444 g/mol. The molecule has 2 aromatic carbocycles. The number of fused-ring (bicyclic) bond motifs is 1. The Hall–Kier alpha value is -3.07. The molecular formula is C27H32N4O4. The molecule has 8 heteroatoms. The predicted molar refractivity (Wildman–Crippen MR) is 130 cm³/mol. The highest BCUT2D eigenvalue weighted by atomic mass is 16.7. The fraction of sp³-hybridized carbons (Fsp3) is 0.444. The van der Waals surface area contributed by atoms with Crippen LogP contribution in [0.4, 0.5) is 0 Å². The quantitative estimate of drug-likeness (QED) is 0.643. The number of imide groups is 1. The number of carbonyl (C=O) groups is 3. The Morgan fingerprint density at radius 1 is 1.00 bits per heavy atom. The number of piperidine rings is 1. The molecule has 3 aliphatic heterocycles. The first-order valence-electron chi connectivity index (χ1n) is 12.3. The van der Waals surface area contributed by atoms with Gasteiger partial charge in [0.05, 0.1) is 12.0 Å². The zero-order chi connectivity index (χ0) is 24.5. The van der Waals surface area contributed by atoms with Crippen molar-refractivity contribution in [2.45, 2.75) is 44.5 Å². The second kappa shape index (κ2) is 9.89. The Morgan fingerprint density at radius 3 is 2.37 bits per heavy atom. The number of hydrogen-bond acceptors (Lipinski definition) is 6. The third-order valence-electron chi connectivity index (χ3n) is 7.34. The van der Waals surface area contributed by atoms with Gasteiger partial charge in [0.25, 0.3) is 5.91 Å². The molecule has 0 radical (unpaired) electrons. The fourth-order valence-corrected chi connectivity index (χ4v) is 5.37. The van der Waals surface area contributed by atoms with Crippen molar-refractivity contribution in [3.63, 3.8) is 0 Å². The summed E-state index contributed by atoms with van der Waals surface area (Å²) in [6.07, 6.45) is 0.884. The minimum Gasteiger partial charge on any atom is -0.352 e. The van der Waals surface area contributed by atoms with E-state index in [1.54, 1.807) is 0 Å². The molecule has 0 bridgehead atoms. The van der Waals surface area contributed by atoms with Crippen LogP contribution in [0.1, 0.15) is 35.6 Å². The zero-order valence-corrected chi connectivity index (χ0v) is 20.2. The van der Waals surface area contributed by atoms with E-state index < -0.39 is 18.1 Å². The molecule has 8 nitrogen and oxygen atoms in total. The van der Waals surface area contributed by atoms with Crippen LogP contribution in [-0.2, 0) is 25.8 Å². The van der Waals surface area contributed by atoms with Crippen molar-refractivity contribution in [3.8, 4) is 0 Å². The largest absolute Gasteiger partial charge is 0.352 e.